The minimum absolute atomic E-state index is 0.0416. The van der Waals surface area contributed by atoms with Gasteiger partial charge in [-0.2, -0.15) is 0 Å². The van der Waals surface area contributed by atoms with Gasteiger partial charge in [-0.15, -0.1) is 6.42 Å². The first-order valence-corrected chi connectivity index (χ1v) is 10.8. The van der Waals surface area contributed by atoms with Crippen molar-refractivity contribution in [2.24, 2.45) is 0 Å². The fourth-order valence-electron chi connectivity index (χ4n) is 3.45. The van der Waals surface area contributed by atoms with E-state index in [2.05, 4.69) is 40.0 Å². The smallest absolute Gasteiger partial charge is 0.354 e. The van der Waals surface area contributed by atoms with Crippen molar-refractivity contribution in [2.45, 2.75) is 19.8 Å². The number of hydrogen-bond acceptors (Lipinski definition) is 6. The second-order valence-electron chi connectivity index (χ2n) is 8.04. The maximum absolute atomic E-state index is 13.0. The molecular formula is C27H22N4O4. The van der Waals surface area contributed by atoms with Crippen LogP contribution in [0.3, 0.4) is 0 Å². The molecule has 0 aliphatic carbocycles. The zero-order chi connectivity index (χ0) is 24.9. The molecule has 4 aromatic rings. The molecule has 8 heteroatoms. The lowest BCUT2D eigenvalue weighted by molar-refractivity contribution is 0.0690. The van der Waals surface area contributed by atoms with Gasteiger partial charge >= 0.3 is 5.97 Å². The van der Waals surface area contributed by atoms with Gasteiger partial charge in [0.25, 0.3) is 5.91 Å². The molecule has 0 atom stereocenters. The van der Waals surface area contributed by atoms with Crippen LogP contribution in [0.2, 0.25) is 0 Å². The summed E-state index contributed by atoms with van der Waals surface area (Å²) in [4.78, 5) is 36.8. The molecule has 0 saturated carbocycles. The lowest BCUT2D eigenvalue weighted by Gasteiger charge is -2.12. The molecule has 1 amide bonds. The number of nitrogens with one attached hydrogen (secondary N) is 1. The monoisotopic (exact) mass is 466 g/mol. The van der Waals surface area contributed by atoms with Crippen molar-refractivity contribution in [3.8, 4) is 29.4 Å². The standard InChI is InChI=1S/C27H22N4O4/c1-4-13-35-20-10-12-22-21(14-20)24(18-7-5-17(6-8-18)16(2)3)31-25(30-22)26(32)29-19-9-11-23(27(33)34)28-15-19/h1,5-12,14-16H,13H2,2-3H3,(H,29,32)(H,33,34). The Bertz CT molecular complexity index is 1440. The number of carbonyl (C=O) groups is 2. The van der Waals surface area contributed by atoms with E-state index in [4.69, 9.17) is 16.3 Å². The Morgan fingerprint density at radius 1 is 1.09 bits per heavy atom. The number of aromatic carboxylic acids is 1. The van der Waals surface area contributed by atoms with Crippen LogP contribution in [0, 0.1) is 12.3 Å². The maximum Gasteiger partial charge on any atom is 0.354 e. The van der Waals surface area contributed by atoms with Gasteiger partial charge in [0.05, 0.1) is 23.1 Å². The van der Waals surface area contributed by atoms with Crippen molar-refractivity contribution < 1.29 is 19.4 Å². The molecular weight excluding hydrogens is 444 g/mol. The number of amides is 1. The number of nitrogens with zero attached hydrogens (tertiary/aromatic N) is 3. The second-order valence-corrected chi connectivity index (χ2v) is 8.04. The van der Waals surface area contributed by atoms with E-state index in [1.807, 2.05) is 24.3 Å². The SMILES string of the molecule is C#CCOc1ccc2nc(C(=O)Nc3ccc(C(=O)O)nc3)nc(-c3ccc(C(C)C)cc3)c2c1. The van der Waals surface area contributed by atoms with E-state index in [9.17, 15) is 9.59 Å². The van der Waals surface area contributed by atoms with Gasteiger partial charge < -0.3 is 15.2 Å². The van der Waals surface area contributed by atoms with E-state index in [1.54, 1.807) is 18.2 Å². The number of pyridine rings is 1. The first-order chi connectivity index (χ1) is 16.9. The molecule has 0 aliphatic heterocycles. The van der Waals surface area contributed by atoms with E-state index in [1.165, 1.54) is 23.9 Å². The van der Waals surface area contributed by atoms with Crippen molar-refractivity contribution in [1.82, 2.24) is 15.0 Å². The second kappa shape index (κ2) is 10.0. The molecule has 0 spiro atoms. The molecule has 0 bridgehead atoms. The molecule has 35 heavy (non-hydrogen) atoms. The fraction of sp³-hybridized carbons (Fsp3) is 0.148. The van der Waals surface area contributed by atoms with Crippen LogP contribution >= 0.6 is 0 Å². The van der Waals surface area contributed by atoms with Gasteiger partial charge in [0.2, 0.25) is 5.82 Å². The Balaban J connectivity index is 1.75. The quantitative estimate of drug-likeness (QED) is 0.377. The number of rotatable bonds is 7. The van der Waals surface area contributed by atoms with Crippen molar-refractivity contribution >= 4 is 28.5 Å². The highest BCUT2D eigenvalue weighted by molar-refractivity contribution is 6.04. The number of hydrogen-bond donors (Lipinski definition) is 2. The molecule has 0 unspecified atom stereocenters. The number of fused-ring (bicyclic) bond motifs is 1. The summed E-state index contributed by atoms with van der Waals surface area (Å²) in [5, 5.41) is 12.4. The third-order valence-electron chi connectivity index (χ3n) is 5.28. The minimum atomic E-state index is -1.15. The third kappa shape index (κ3) is 5.25. The largest absolute Gasteiger partial charge is 0.481 e. The molecule has 0 saturated heterocycles. The number of ether oxygens (including phenoxy) is 1. The lowest BCUT2D eigenvalue weighted by atomic mass is 9.99. The van der Waals surface area contributed by atoms with Gasteiger partial charge in [-0.25, -0.2) is 19.7 Å². The molecule has 0 aliphatic rings. The first kappa shape index (κ1) is 23.4. The number of carboxylic acids is 1. The summed E-state index contributed by atoms with van der Waals surface area (Å²) in [5.41, 5.74) is 3.32. The van der Waals surface area contributed by atoms with Crippen LogP contribution in [0.5, 0.6) is 5.75 Å². The highest BCUT2D eigenvalue weighted by Crippen LogP contribution is 2.30. The van der Waals surface area contributed by atoms with E-state index in [0.717, 1.165) is 5.56 Å². The molecule has 0 radical (unpaired) electrons. The van der Waals surface area contributed by atoms with E-state index < -0.39 is 11.9 Å². The van der Waals surface area contributed by atoms with Crippen molar-refractivity contribution in [3.63, 3.8) is 0 Å². The zero-order valence-corrected chi connectivity index (χ0v) is 19.1. The van der Waals surface area contributed by atoms with Crippen LogP contribution in [0.4, 0.5) is 5.69 Å². The van der Waals surface area contributed by atoms with Gasteiger partial charge in [0.15, 0.2) is 0 Å². The van der Waals surface area contributed by atoms with Gasteiger partial charge in [-0.3, -0.25) is 4.79 Å². The first-order valence-electron chi connectivity index (χ1n) is 10.8. The van der Waals surface area contributed by atoms with Crippen molar-refractivity contribution in [3.05, 3.63) is 77.9 Å². The predicted molar refractivity (Wildman–Crippen MR) is 133 cm³/mol. The Morgan fingerprint density at radius 2 is 1.86 bits per heavy atom. The predicted octanol–water partition coefficient (Wildman–Crippen LogP) is 4.78. The average molecular weight is 466 g/mol. The normalized spacial score (nSPS) is 10.7. The van der Waals surface area contributed by atoms with Gasteiger partial charge in [-0.05, 0) is 41.8 Å². The number of aromatic nitrogens is 3. The Morgan fingerprint density at radius 3 is 2.49 bits per heavy atom. The van der Waals surface area contributed by atoms with Crippen LogP contribution in [0.15, 0.2) is 60.8 Å². The van der Waals surface area contributed by atoms with Crippen LogP contribution in [0.1, 0.15) is 46.4 Å². The fourth-order valence-corrected chi connectivity index (χ4v) is 3.45. The van der Waals surface area contributed by atoms with Crippen LogP contribution in [-0.2, 0) is 0 Å². The van der Waals surface area contributed by atoms with E-state index >= 15 is 0 Å². The minimum Gasteiger partial charge on any atom is -0.481 e. The summed E-state index contributed by atoms with van der Waals surface area (Å²) in [7, 11) is 0. The average Bonchev–Trinajstić information content (AvgIpc) is 2.87. The van der Waals surface area contributed by atoms with Gasteiger partial charge in [0, 0.05) is 10.9 Å². The molecule has 174 valence electrons. The highest BCUT2D eigenvalue weighted by Gasteiger charge is 2.17. The molecule has 2 aromatic carbocycles. The summed E-state index contributed by atoms with van der Waals surface area (Å²) in [6.07, 6.45) is 6.58. The van der Waals surface area contributed by atoms with Crippen LogP contribution in [-0.4, -0.2) is 38.5 Å². The van der Waals surface area contributed by atoms with Gasteiger partial charge in [0.1, 0.15) is 18.1 Å². The highest BCUT2D eigenvalue weighted by atomic mass is 16.5. The molecule has 2 aromatic heterocycles. The van der Waals surface area contributed by atoms with Crippen molar-refractivity contribution in [1.29, 1.82) is 0 Å². The maximum atomic E-state index is 13.0. The van der Waals surface area contributed by atoms with E-state index in [-0.39, 0.29) is 18.1 Å². The zero-order valence-electron chi connectivity index (χ0n) is 19.1. The lowest BCUT2D eigenvalue weighted by Crippen LogP contribution is -2.16. The van der Waals surface area contributed by atoms with Crippen molar-refractivity contribution in [2.75, 3.05) is 11.9 Å². The molecule has 0 fully saturated rings. The molecule has 4 rings (SSSR count). The Hall–Kier alpha value is -4.77. The third-order valence-corrected chi connectivity index (χ3v) is 5.28. The summed E-state index contributed by atoms with van der Waals surface area (Å²) in [5.74, 6) is 1.64. The molecule has 2 heterocycles. The number of benzene rings is 2. The molecule has 8 nitrogen and oxygen atoms in total. The summed E-state index contributed by atoms with van der Waals surface area (Å²) >= 11 is 0. The van der Waals surface area contributed by atoms with E-state index in [0.29, 0.717) is 34.0 Å². The van der Waals surface area contributed by atoms with Crippen LogP contribution in [0.25, 0.3) is 22.2 Å². The molecule has 2 N–H and O–H groups in total. The number of terminal acetylenes is 1. The van der Waals surface area contributed by atoms with Crippen LogP contribution < -0.4 is 10.1 Å². The number of anilines is 1. The summed E-state index contributed by atoms with van der Waals surface area (Å²) < 4.78 is 5.57. The van der Waals surface area contributed by atoms with Gasteiger partial charge in [-0.1, -0.05) is 44.0 Å². The summed E-state index contributed by atoms with van der Waals surface area (Å²) in [6.45, 7) is 4.36. The topological polar surface area (TPSA) is 114 Å². The number of carboxylic acid groups (broad SMARTS) is 1. The Labute approximate surface area is 202 Å². The Kier molecular flexibility index (Phi) is 6.69. The number of carbonyl (C=O) groups excluding carboxylic acids is 1. The summed E-state index contributed by atoms with van der Waals surface area (Å²) in [6, 6.07) is 16.0.